The van der Waals surface area contributed by atoms with Gasteiger partial charge in [-0.05, 0) is 26.2 Å². The van der Waals surface area contributed by atoms with Crippen LogP contribution in [0.4, 0.5) is 0 Å². The maximum absolute atomic E-state index is 6.39. The van der Waals surface area contributed by atoms with Crippen LogP contribution in [0.15, 0.2) is 0 Å². The first-order valence-electron chi connectivity index (χ1n) is 7.38. The predicted octanol–water partition coefficient (Wildman–Crippen LogP) is 2.15. The molecule has 1 saturated heterocycles. The minimum atomic E-state index is 0.371. The van der Waals surface area contributed by atoms with E-state index in [2.05, 4.69) is 11.8 Å². The minimum Gasteiger partial charge on any atom is -0.377 e. The second-order valence-electron chi connectivity index (χ2n) is 5.75. The van der Waals surface area contributed by atoms with E-state index in [9.17, 15) is 0 Å². The largest absolute Gasteiger partial charge is 0.377 e. The summed E-state index contributed by atoms with van der Waals surface area (Å²) in [6, 6.07) is 0.972. The van der Waals surface area contributed by atoms with Gasteiger partial charge in [0.2, 0.25) is 0 Å². The molecule has 1 aliphatic heterocycles. The van der Waals surface area contributed by atoms with E-state index in [0.29, 0.717) is 18.2 Å². The summed E-state index contributed by atoms with van der Waals surface area (Å²) >= 11 is 0. The van der Waals surface area contributed by atoms with Crippen molar-refractivity contribution >= 4 is 0 Å². The summed E-state index contributed by atoms with van der Waals surface area (Å²) in [6.45, 7) is 5.34. The molecule has 3 heteroatoms. The minimum absolute atomic E-state index is 0.371. The zero-order valence-electron chi connectivity index (χ0n) is 11.2. The van der Waals surface area contributed by atoms with Crippen LogP contribution in [0, 0.1) is 0 Å². The third-order valence-corrected chi connectivity index (χ3v) is 4.23. The molecule has 2 N–H and O–H groups in total. The molecule has 2 aliphatic rings. The number of ether oxygens (including phenoxy) is 1. The third-order valence-electron chi connectivity index (χ3n) is 4.23. The fraction of sp³-hybridized carbons (Fsp3) is 1.00. The van der Waals surface area contributed by atoms with Gasteiger partial charge in [-0.3, -0.25) is 4.90 Å². The van der Waals surface area contributed by atoms with Gasteiger partial charge in [0, 0.05) is 31.8 Å². The van der Waals surface area contributed by atoms with Crippen LogP contribution < -0.4 is 5.73 Å². The highest BCUT2D eigenvalue weighted by Gasteiger charge is 2.27. The Bertz CT molecular complexity index is 222. The lowest BCUT2D eigenvalue weighted by molar-refractivity contribution is 0.0551. The van der Waals surface area contributed by atoms with E-state index in [1.54, 1.807) is 0 Å². The van der Waals surface area contributed by atoms with E-state index in [4.69, 9.17) is 10.5 Å². The van der Waals surface area contributed by atoms with E-state index in [0.717, 1.165) is 19.6 Å². The van der Waals surface area contributed by atoms with Gasteiger partial charge in [0.05, 0.1) is 6.10 Å². The van der Waals surface area contributed by atoms with Crippen LogP contribution in [0.5, 0.6) is 0 Å². The summed E-state index contributed by atoms with van der Waals surface area (Å²) in [7, 11) is 0. The van der Waals surface area contributed by atoms with Crippen LogP contribution in [0.1, 0.15) is 51.9 Å². The summed E-state index contributed by atoms with van der Waals surface area (Å²) < 4.78 is 5.73. The average Bonchev–Trinajstić information content (AvgIpc) is 2.49. The molecule has 1 heterocycles. The monoisotopic (exact) mass is 240 g/mol. The van der Waals surface area contributed by atoms with E-state index >= 15 is 0 Å². The van der Waals surface area contributed by atoms with E-state index in [1.807, 2.05) is 0 Å². The normalized spacial score (nSPS) is 38.1. The Labute approximate surface area is 106 Å². The fourth-order valence-electron chi connectivity index (χ4n) is 3.27. The van der Waals surface area contributed by atoms with Crippen molar-refractivity contribution in [3.05, 3.63) is 0 Å². The van der Waals surface area contributed by atoms with Crippen molar-refractivity contribution in [1.29, 1.82) is 0 Å². The molecule has 0 aromatic carbocycles. The molecule has 0 radical (unpaired) electrons. The van der Waals surface area contributed by atoms with Crippen molar-refractivity contribution < 1.29 is 4.74 Å². The van der Waals surface area contributed by atoms with Crippen LogP contribution in [0.25, 0.3) is 0 Å². The summed E-state index contributed by atoms with van der Waals surface area (Å²) in [5.74, 6) is 0. The van der Waals surface area contributed by atoms with Crippen LogP contribution in [-0.2, 0) is 4.74 Å². The van der Waals surface area contributed by atoms with E-state index in [1.165, 1.54) is 45.1 Å². The van der Waals surface area contributed by atoms with Gasteiger partial charge in [0.1, 0.15) is 0 Å². The molecule has 2 fully saturated rings. The van der Waals surface area contributed by atoms with Crippen molar-refractivity contribution in [2.24, 2.45) is 5.73 Å². The molecule has 17 heavy (non-hydrogen) atoms. The number of hydrogen-bond donors (Lipinski definition) is 1. The molecule has 0 aromatic rings. The number of rotatable bonds is 1. The Morgan fingerprint density at radius 2 is 1.82 bits per heavy atom. The summed E-state index contributed by atoms with van der Waals surface area (Å²) in [4.78, 5) is 2.60. The maximum Gasteiger partial charge on any atom is 0.0674 e. The second-order valence-corrected chi connectivity index (χ2v) is 5.75. The van der Waals surface area contributed by atoms with Crippen LogP contribution in [-0.4, -0.2) is 42.8 Å². The molecule has 3 atom stereocenters. The van der Waals surface area contributed by atoms with Gasteiger partial charge in [-0.1, -0.05) is 25.7 Å². The Kier molecular flexibility index (Phi) is 5.26. The van der Waals surface area contributed by atoms with E-state index < -0.39 is 0 Å². The molecule has 0 bridgehead atoms. The molecule has 0 amide bonds. The number of nitrogens with two attached hydrogens (primary N) is 1. The van der Waals surface area contributed by atoms with Gasteiger partial charge in [0.25, 0.3) is 0 Å². The van der Waals surface area contributed by atoms with Crippen LogP contribution in [0.2, 0.25) is 0 Å². The average molecular weight is 240 g/mol. The predicted molar refractivity (Wildman–Crippen MR) is 71.1 cm³/mol. The SMILES string of the molecule is CC1CN(C2CCCCCCC2N)CCCO1. The maximum atomic E-state index is 6.39. The molecule has 0 spiro atoms. The van der Waals surface area contributed by atoms with Gasteiger partial charge in [-0.25, -0.2) is 0 Å². The lowest BCUT2D eigenvalue weighted by Gasteiger charge is -2.36. The van der Waals surface area contributed by atoms with Crippen molar-refractivity contribution in [2.45, 2.75) is 70.1 Å². The Morgan fingerprint density at radius 3 is 2.65 bits per heavy atom. The molecular weight excluding hydrogens is 212 g/mol. The third kappa shape index (κ3) is 3.94. The zero-order chi connectivity index (χ0) is 12.1. The standard InChI is InChI=1S/C14H28N2O/c1-12-11-16(9-6-10-17-12)14-8-5-3-2-4-7-13(14)15/h12-14H,2-11,15H2,1H3. The molecule has 0 aromatic heterocycles. The topological polar surface area (TPSA) is 38.5 Å². The zero-order valence-corrected chi connectivity index (χ0v) is 11.2. The number of hydrogen-bond acceptors (Lipinski definition) is 3. The van der Waals surface area contributed by atoms with Gasteiger partial charge < -0.3 is 10.5 Å². The molecule has 2 rings (SSSR count). The Balaban J connectivity index is 1.95. The summed E-state index contributed by atoms with van der Waals surface area (Å²) in [5.41, 5.74) is 6.39. The van der Waals surface area contributed by atoms with Gasteiger partial charge in [-0.15, -0.1) is 0 Å². The smallest absolute Gasteiger partial charge is 0.0674 e. The quantitative estimate of drug-likeness (QED) is 0.763. The molecular formula is C14H28N2O. The van der Waals surface area contributed by atoms with E-state index in [-0.39, 0.29) is 0 Å². The van der Waals surface area contributed by atoms with Crippen LogP contribution in [0.3, 0.4) is 0 Å². The van der Waals surface area contributed by atoms with Gasteiger partial charge in [-0.2, -0.15) is 0 Å². The van der Waals surface area contributed by atoms with Crippen LogP contribution >= 0.6 is 0 Å². The van der Waals surface area contributed by atoms with Crippen molar-refractivity contribution in [2.75, 3.05) is 19.7 Å². The molecule has 100 valence electrons. The van der Waals surface area contributed by atoms with Gasteiger partial charge >= 0.3 is 0 Å². The first-order valence-corrected chi connectivity index (χ1v) is 7.38. The first-order chi connectivity index (χ1) is 8.27. The molecule has 1 saturated carbocycles. The van der Waals surface area contributed by atoms with Crippen molar-refractivity contribution in [1.82, 2.24) is 4.90 Å². The lowest BCUT2D eigenvalue weighted by Crippen LogP contribution is -2.50. The molecule has 3 unspecified atom stereocenters. The highest BCUT2D eigenvalue weighted by Crippen LogP contribution is 2.22. The fourth-order valence-corrected chi connectivity index (χ4v) is 3.27. The first kappa shape index (κ1) is 13.3. The Morgan fingerprint density at radius 1 is 1.06 bits per heavy atom. The number of nitrogens with zero attached hydrogens (tertiary/aromatic N) is 1. The molecule has 1 aliphatic carbocycles. The molecule has 3 nitrogen and oxygen atoms in total. The van der Waals surface area contributed by atoms with Crippen molar-refractivity contribution in [3.8, 4) is 0 Å². The van der Waals surface area contributed by atoms with Crippen molar-refractivity contribution in [3.63, 3.8) is 0 Å². The lowest BCUT2D eigenvalue weighted by atomic mass is 9.91. The highest BCUT2D eigenvalue weighted by molar-refractivity contribution is 4.85. The summed E-state index contributed by atoms with van der Waals surface area (Å²) in [5, 5.41) is 0. The van der Waals surface area contributed by atoms with Gasteiger partial charge in [0.15, 0.2) is 0 Å². The Hall–Kier alpha value is -0.120. The highest BCUT2D eigenvalue weighted by atomic mass is 16.5. The summed E-state index contributed by atoms with van der Waals surface area (Å²) in [6.07, 6.45) is 9.46. The second kappa shape index (κ2) is 6.72.